The average molecular weight is 144 g/mol. The molecule has 2 aliphatic rings. The first kappa shape index (κ1) is 6.58. The zero-order valence-electron chi connectivity index (χ0n) is 5.79. The second-order valence-electron chi connectivity index (χ2n) is 3.30. The fraction of sp³-hybridized carbons (Fsp3) is 1.00. The first-order chi connectivity index (χ1) is 4.73. The van der Waals surface area contributed by atoms with Crippen molar-refractivity contribution in [3.05, 3.63) is 0 Å². The van der Waals surface area contributed by atoms with Gasteiger partial charge in [0.15, 0.2) is 0 Å². The molecule has 2 N–H and O–H groups in total. The monoisotopic (exact) mass is 144 g/mol. The van der Waals surface area contributed by atoms with Gasteiger partial charge in [-0.25, -0.2) is 0 Å². The van der Waals surface area contributed by atoms with Gasteiger partial charge >= 0.3 is 0 Å². The predicted octanol–water partition coefficient (Wildman–Crippen LogP) is -0.481. The van der Waals surface area contributed by atoms with Gasteiger partial charge in [0, 0.05) is 5.92 Å². The molecular weight excluding hydrogens is 132 g/mol. The summed E-state index contributed by atoms with van der Waals surface area (Å²) >= 11 is 0. The highest BCUT2D eigenvalue weighted by Gasteiger charge is 2.52. The van der Waals surface area contributed by atoms with Crippen LogP contribution < -0.4 is 0 Å². The summed E-state index contributed by atoms with van der Waals surface area (Å²) in [5, 5.41) is 19.1. The lowest BCUT2D eigenvalue weighted by Crippen LogP contribution is -2.42. The van der Waals surface area contributed by atoms with Crippen LogP contribution in [0.3, 0.4) is 0 Å². The standard InChI is InChI=1S/C7H12O3/c8-6-2-1-5-3-10-4-7(5,6)9/h5-6,8-9H,1-4H2. The molecule has 2 fully saturated rings. The Morgan fingerprint density at radius 1 is 1.40 bits per heavy atom. The maximum atomic E-state index is 9.72. The molecule has 0 spiro atoms. The zero-order chi connectivity index (χ0) is 7.19. The van der Waals surface area contributed by atoms with Gasteiger partial charge in [-0.15, -0.1) is 0 Å². The highest BCUT2D eigenvalue weighted by atomic mass is 16.5. The number of ether oxygens (including phenoxy) is 1. The van der Waals surface area contributed by atoms with Gasteiger partial charge < -0.3 is 14.9 Å². The molecule has 0 amide bonds. The largest absolute Gasteiger partial charge is 0.390 e. The highest BCUT2D eigenvalue weighted by Crippen LogP contribution is 2.40. The number of fused-ring (bicyclic) bond motifs is 1. The molecule has 0 aromatic rings. The summed E-state index contributed by atoms with van der Waals surface area (Å²) in [7, 11) is 0. The fourth-order valence-electron chi connectivity index (χ4n) is 1.94. The van der Waals surface area contributed by atoms with E-state index in [9.17, 15) is 10.2 Å². The molecule has 0 aromatic carbocycles. The van der Waals surface area contributed by atoms with E-state index in [0.717, 1.165) is 12.8 Å². The summed E-state index contributed by atoms with van der Waals surface area (Å²) in [5.41, 5.74) is -0.903. The Bertz CT molecular complexity index is 148. The molecule has 0 bridgehead atoms. The van der Waals surface area contributed by atoms with E-state index in [1.807, 2.05) is 0 Å². The topological polar surface area (TPSA) is 49.7 Å². The van der Waals surface area contributed by atoms with Gasteiger partial charge in [-0.3, -0.25) is 0 Å². The highest BCUT2D eigenvalue weighted by molar-refractivity contribution is 5.01. The van der Waals surface area contributed by atoms with Crippen molar-refractivity contribution < 1.29 is 14.9 Å². The van der Waals surface area contributed by atoms with Crippen LogP contribution in [0.2, 0.25) is 0 Å². The van der Waals surface area contributed by atoms with Crippen molar-refractivity contribution in [3.63, 3.8) is 0 Å². The van der Waals surface area contributed by atoms with E-state index in [1.165, 1.54) is 0 Å². The van der Waals surface area contributed by atoms with Crippen molar-refractivity contribution in [3.8, 4) is 0 Å². The van der Waals surface area contributed by atoms with Crippen LogP contribution in [-0.4, -0.2) is 35.1 Å². The molecule has 3 atom stereocenters. The van der Waals surface area contributed by atoms with Gasteiger partial charge in [0.05, 0.1) is 19.3 Å². The minimum atomic E-state index is -0.903. The van der Waals surface area contributed by atoms with Gasteiger partial charge in [0.25, 0.3) is 0 Å². The number of hydrogen-bond donors (Lipinski definition) is 2. The molecule has 1 saturated carbocycles. The molecule has 1 saturated heterocycles. The lowest BCUT2D eigenvalue weighted by Gasteiger charge is -2.23. The van der Waals surface area contributed by atoms with Crippen molar-refractivity contribution >= 4 is 0 Å². The number of rotatable bonds is 0. The van der Waals surface area contributed by atoms with Gasteiger partial charge in [0.1, 0.15) is 5.60 Å². The van der Waals surface area contributed by atoms with Crippen LogP contribution in [0.4, 0.5) is 0 Å². The zero-order valence-corrected chi connectivity index (χ0v) is 5.79. The van der Waals surface area contributed by atoms with Crippen LogP contribution in [0, 0.1) is 5.92 Å². The Labute approximate surface area is 59.6 Å². The summed E-state index contributed by atoms with van der Waals surface area (Å²) < 4.78 is 5.07. The van der Waals surface area contributed by atoms with Crippen LogP contribution in [-0.2, 0) is 4.74 Å². The first-order valence-electron chi connectivity index (χ1n) is 3.71. The molecule has 58 valence electrons. The lowest BCUT2D eigenvalue weighted by atomic mass is 9.93. The normalized spacial score (nSPS) is 53.4. The van der Waals surface area contributed by atoms with E-state index >= 15 is 0 Å². The molecule has 3 nitrogen and oxygen atoms in total. The van der Waals surface area contributed by atoms with Crippen molar-refractivity contribution in [1.29, 1.82) is 0 Å². The molecule has 10 heavy (non-hydrogen) atoms. The maximum Gasteiger partial charge on any atom is 0.119 e. The summed E-state index contributed by atoms with van der Waals surface area (Å²) in [4.78, 5) is 0. The molecule has 1 aliphatic carbocycles. The number of hydrogen-bond acceptors (Lipinski definition) is 3. The molecular formula is C7H12O3. The van der Waals surface area contributed by atoms with Crippen molar-refractivity contribution in [1.82, 2.24) is 0 Å². The summed E-state index contributed by atoms with van der Waals surface area (Å²) in [5.74, 6) is 0.183. The minimum absolute atomic E-state index is 0.183. The van der Waals surface area contributed by atoms with Crippen molar-refractivity contribution in [2.75, 3.05) is 13.2 Å². The van der Waals surface area contributed by atoms with Crippen molar-refractivity contribution in [2.45, 2.75) is 24.5 Å². The third-order valence-electron chi connectivity index (χ3n) is 2.72. The van der Waals surface area contributed by atoms with Gasteiger partial charge in [-0.2, -0.15) is 0 Å². The fourth-order valence-corrected chi connectivity index (χ4v) is 1.94. The maximum absolute atomic E-state index is 9.72. The van der Waals surface area contributed by atoms with E-state index in [2.05, 4.69) is 0 Å². The van der Waals surface area contributed by atoms with E-state index < -0.39 is 11.7 Å². The van der Waals surface area contributed by atoms with Crippen molar-refractivity contribution in [2.24, 2.45) is 5.92 Å². The summed E-state index contributed by atoms with van der Waals surface area (Å²) in [6.45, 7) is 0.937. The second-order valence-corrected chi connectivity index (χ2v) is 3.30. The summed E-state index contributed by atoms with van der Waals surface area (Å²) in [6.07, 6.45) is 1.07. The Morgan fingerprint density at radius 3 is 2.90 bits per heavy atom. The Kier molecular flexibility index (Phi) is 1.27. The molecule has 0 aromatic heterocycles. The summed E-state index contributed by atoms with van der Waals surface area (Å²) in [6, 6.07) is 0. The quantitative estimate of drug-likeness (QED) is 0.482. The lowest BCUT2D eigenvalue weighted by molar-refractivity contribution is -0.0709. The number of aliphatic hydroxyl groups excluding tert-OH is 1. The molecule has 1 heterocycles. The van der Waals surface area contributed by atoms with E-state index in [-0.39, 0.29) is 5.92 Å². The Hall–Kier alpha value is -0.120. The van der Waals surface area contributed by atoms with Crippen LogP contribution in [0.15, 0.2) is 0 Å². The van der Waals surface area contributed by atoms with E-state index in [0.29, 0.717) is 13.2 Å². The third kappa shape index (κ3) is 0.654. The molecule has 1 aliphatic heterocycles. The van der Waals surface area contributed by atoms with Crippen LogP contribution in [0.5, 0.6) is 0 Å². The third-order valence-corrected chi connectivity index (χ3v) is 2.72. The molecule has 0 radical (unpaired) electrons. The van der Waals surface area contributed by atoms with Gasteiger partial charge in [-0.05, 0) is 12.8 Å². The van der Waals surface area contributed by atoms with Gasteiger partial charge in [0.2, 0.25) is 0 Å². The minimum Gasteiger partial charge on any atom is -0.390 e. The SMILES string of the molecule is OC1CCC2COCC12O. The van der Waals surface area contributed by atoms with Crippen LogP contribution in [0.25, 0.3) is 0 Å². The van der Waals surface area contributed by atoms with E-state index in [1.54, 1.807) is 0 Å². The predicted molar refractivity (Wildman–Crippen MR) is 34.5 cm³/mol. The van der Waals surface area contributed by atoms with Gasteiger partial charge in [-0.1, -0.05) is 0 Å². The number of aliphatic hydroxyl groups is 2. The second kappa shape index (κ2) is 1.94. The molecule has 2 rings (SSSR count). The smallest absolute Gasteiger partial charge is 0.119 e. The first-order valence-corrected chi connectivity index (χ1v) is 3.71. The average Bonchev–Trinajstić information content (AvgIpc) is 2.36. The molecule has 3 unspecified atom stereocenters. The van der Waals surface area contributed by atoms with Crippen LogP contribution in [0.1, 0.15) is 12.8 Å². The Morgan fingerprint density at radius 2 is 2.20 bits per heavy atom. The molecule has 3 heteroatoms. The van der Waals surface area contributed by atoms with E-state index in [4.69, 9.17) is 4.74 Å². The van der Waals surface area contributed by atoms with Crippen LogP contribution >= 0.6 is 0 Å². The Balaban J connectivity index is 2.21.